The summed E-state index contributed by atoms with van der Waals surface area (Å²) in [5, 5.41) is 24.7. The van der Waals surface area contributed by atoms with E-state index in [0.29, 0.717) is 12.8 Å². The van der Waals surface area contributed by atoms with Crippen molar-refractivity contribution in [1.82, 2.24) is 4.98 Å². The average Bonchev–Trinajstić information content (AvgIpc) is 3.20. The number of hydrogen-bond acceptors (Lipinski definition) is 7. The number of esters is 1. The van der Waals surface area contributed by atoms with Crippen molar-refractivity contribution < 1.29 is 24.5 Å². The summed E-state index contributed by atoms with van der Waals surface area (Å²) in [5.41, 5.74) is 0.825. The first-order valence-electron chi connectivity index (χ1n) is 12.3. The average molecular weight is 492 g/mol. The number of thiazole rings is 1. The van der Waals surface area contributed by atoms with Crippen molar-refractivity contribution in [2.45, 2.75) is 98.4 Å². The minimum absolute atomic E-state index is 0.0373. The molecule has 34 heavy (non-hydrogen) atoms. The van der Waals surface area contributed by atoms with Gasteiger partial charge in [-0.1, -0.05) is 39.3 Å². The van der Waals surface area contributed by atoms with E-state index in [1.54, 1.807) is 25.2 Å². The summed E-state index contributed by atoms with van der Waals surface area (Å²) in [6, 6.07) is 0. The van der Waals surface area contributed by atoms with Crippen LogP contribution in [0.3, 0.4) is 0 Å². The van der Waals surface area contributed by atoms with E-state index in [1.165, 1.54) is 5.57 Å². The Hall–Kier alpha value is -1.83. The molecule has 0 saturated heterocycles. The lowest BCUT2D eigenvalue weighted by atomic mass is 9.71. The van der Waals surface area contributed by atoms with E-state index in [4.69, 9.17) is 4.74 Å². The van der Waals surface area contributed by atoms with Gasteiger partial charge in [-0.2, -0.15) is 0 Å². The number of carbonyl (C=O) groups is 2. The number of carbonyl (C=O) groups excluding carboxylic acids is 2. The lowest BCUT2D eigenvalue weighted by molar-refractivity contribution is -0.154. The second kappa shape index (κ2) is 12.8. The van der Waals surface area contributed by atoms with Gasteiger partial charge in [-0.25, -0.2) is 4.98 Å². The van der Waals surface area contributed by atoms with Gasteiger partial charge in [0.15, 0.2) is 0 Å². The van der Waals surface area contributed by atoms with Crippen LogP contribution in [-0.2, 0) is 14.3 Å². The first-order valence-corrected chi connectivity index (χ1v) is 13.2. The maximum Gasteiger partial charge on any atom is 0.309 e. The van der Waals surface area contributed by atoms with E-state index < -0.39 is 35.6 Å². The Morgan fingerprint density at radius 2 is 1.97 bits per heavy atom. The summed E-state index contributed by atoms with van der Waals surface area (Å²) in [7, 11) is 0. The maximum absolute atomic E-state index is 13.3. The zero-order chi connectivity index (χ0) is 25.5. The number of aliphatic hydroxyl groups excluding tert-OH is 2. The summed E-state index contributed by atoms with van der Waals surface area (Å²) in [4.78, 5) is 30.5. The number of nitrogens with zero attached hydrogens (tertiary/aromatic N) is 1. The third-order valence-corrected chi connectivity index (χ3v) is 7.72. The van der Waals surface area contributed by atoms with E-state index in [-0.39, 0.29) is 18.1 Å². The fraction of sp³-hybridized carbons (Fsp3) is 0.667. The second-order valence-electron chi connectivity index (χ2n) is 10.1. The molecule has 1 aliphatic rings. The van der Waals surface area contributed by atoms with Crippen molar-refractivity contribution in [2.75, 3.05) is 0 Å². The molecule has 0 amide bonds. The van der Waals surface area contributed by atoms with E-state index in [9.17, 15) is 19.8 Å². The van der Waals surface area contributed by atoms with Crippen molar-refractivity contribution in [1.29, 1.82) is 0 Å². The van der Waals surface area contributed by atoms with Crippen LogP contribution in [-0.4, -0.2) is 45.3 Å². The molecule has 0 saturated carbocycles. The zero-order valence-corrected chi connectivity index (χ0v) is 22.2. The molecule has 0 fully saturated rings. The van der Waals surface area contributed by atoms with E-state index in [2.05, 4.69) is 18.0 Å². The highest BCUT2D eigenvalue weighted by Gasteiger charge is 2.43. The Labute approximate surface area is 208 Å². The molecule has 0 bridgehead atoms. The van der Waals surface area contributed by atoms with Crippen LogP contribution in [0.15, 0.2) is 23.1 Å². The minimum atomic E-state index is -1.21. The van der Waals surface area contributed by atoms with Crippen LogP contribution in [0.2, 0.25) is 0 Å². The standard InChI is InChI=1S/C27H41NO5S/c1-7-22-25(31)18(3)10-8-9-17(2)11-13-21(14-12-20-16-34-19(4)28-20)33-24(30)15-23(29)27(5,6)26(22)32/h11-12,14,16,18,21-23,25,29,31H,7-10,13,15H2,1-6H3/b14-12?,17-11-/t18-,21-,22+,23-,25-/m0/s1. The highest BCUT2D eigenvalue weighted by molar-refractivity contribution is 7.09. The Morgan fingerprint density at radius 1 is 1.26 bits per heavy atom. The minimum Gasteiger partial charge on any atom is -0.458 e. The van der Waals surface area contributed by atoms with Gasteiger partial charge in [0.1, 0.15) is 11.9 Å². The summed E-state index contributed by atoms with van der Waals surface area (Å²) < 4.78 is 5.70. The number of rotatable bonds is 3. The van der Waals surface area contributed by atoms with E-state index >= 15 is 0 Å². The monoisotopic (exact) mass is 491 g/mol. The van der Waals surface area contributed by atoms with Gasteiger partial charge in [0.05, 0.1) is 34.7 Å². The molecule has 2 N–H and O–H groups in total. The number of aliphatic hydroxyl groups is 2. The first-order chi connectivity index (χ1) is 15.9. The van der Waals surface area contributed by atoms with Crippen LogP contribution >= 0.6 is 11.3 Å². The second-order valence-corrected chi connectivity index (χ2v) is 11.2. The van der Waals surface area contributed by atoms with Gasteiger partial charge >= 0.3 is 5.97 Å². The van der Waals surface area contributed by atoms with Crippen LogP contribution in [0.5, 0.6) is 0 Å². The molecule has 2 heterocycles. The van der Waals surface area contributed by atoms with Crippen molar-refractivity contribution in [3.05, 3.63) is 33.8 Å². The highest BCUT2D eigenvalue weighted by atomic mass is 32.1. The van der Waals surface area contributed by atoms with Crippen LogP contribution < -0.4 is 0 Å². The molecule has 1 aromatic rings. The van der Waals surface area contributed by atoms with Gasteiger partial charge in [-0.05, 0) is 57.6 Å². The Bertz CT molecular complexity index is 887. The quantitative estimate of drug-likeness (QED) is 0.442. The van der Waals surface area contributed by atoms with Crippen LogP contribution in [0.1, 0.15) is 83.8 Å². The molecule has 0 radical (unpaired) electrons. The summed E-state index contributed by atoms with van der Waals surface area (Å²) >= 11 is 1.56. The molecule has 190 valence electrons. The Morgan fingerprint density at radius 3 is 2.59 bits per heavy atom. The molecule has 7 heteroatoms. The molecule has 0 unspecified atom stereocenters. The van der Waals surface area contributed by atoms with Crippen LogP contribution in [0.25, 0.3) is 6.08 Å². The van der Waals surface area contributed by atoms with Gasteiger partial charge in [-0.15, -0.1) is 11.3 Å². The van der Waals surface area contributed by atoms with Crippen LogP contribution in [0, 0.1) is 24.2 Å². The molecular weight excluding hydrogens is 450 g/mol. The predicted molar refractivity (Wildman–Crippen MR) is 136 cm³/mol. The zero-order valence-electron chi connectivity index (χ0n) is 21.4. The number of aromatic nitrogens is 1. The number of hydrogen-bond donors (Lipinski definition) is 2. The number of ether oxygens (including phenoxy) is 1. The van der Waals surface area contributed by atoms with Gasteiger partial charge in [0.25, 0.3) is 0 Å². The summed E-state index contributed by atoms with van der Waals surface area (Å²) in [6.07, 6.45) is 6.57. The van der Waals surface area contributed by atoms with Crippen LogP contribution in [0.4, 0.5) is 0 Å². The van der Waals surface area contributed by atoms with E-state index in [0.717, 1.165) is 30.0 Å². The smallest absolute Gasteiger partial charge is 0.309 e. The lowest BCUT2D eigenvalue weighted by Crippen LogP contribution is -2.46. The van der Waals surface area contributed by atoms with E-state index in [1.807, 2.05) is 38.3 Å². The predicted octanol–water partition coefficient (Wildman–Crippen LogP) is 5.27. The summed E-state index contributed by atoms with van der Waals surface area (Å²) in [5.74, 6) is -1.40. The molecule has 0 aromatic carbocycles. The molecular formula is C27H41NO5S. The van der Waals surface area contributed by atoms with Gasteiger partial charge in [0, 0.05) is 17.7 Å². The lowest BCUT2D eigenvalue weighted by Gasteiger charge is -2.35. The van der Waals surface area contributed by atoms with Crippen molar-refractivity contribution in [2.24, 2.45) is 17.3 Å². The first kappa shape index (κ1) is 28.4. The number of aryl methyl sites for hydroxylation is 1. The normalized spacial score (nSPS) is 31.8. The molecule has 2 rings (SSSR count). The third kappa shape index (κ3) is 7.85. The van der Waals surface area contributed by atoms with Gasteiger partial charge in [-0.3, -0.25) is 9.59 Å². The molecule has 1 aliphatic heterocycles. The largest absolute Gasteiger partial charge is 0.458 e. The fourth-order valence-corrected chi connectivity index (χ4v) is 4.95. The SMILES string of the molecule is CC[C@H]1C(=O)C(C)(C)[C@@H](O)CC(=O)O[C@H](C=Cc2csc(C)n2)C/C=C(/C)CCC[C@H](C)[C@@H]1O. The number of cyclic esters (lactones) is 1. The van der Waals surface area contributed by atoms with Crippen molar-refractivity contribution >= 4 is 29.2 Å². The molecule has 6 nitrogen and oxygen atoms in total. The molecule has 1 aromatic heterocycles. The van der Waals surface area contributed by atoms with Crippen molar-refractivity contribution in [3.63, 3.8) is 0 Å². The third-order valence-electron chi connectivity index (χ3n) is 6.93. The van der Waals surface area contributed by atoms with Gasteiger partial charge < -0.3 is 14.9 Å². The molecule has 0 spiro atoms. The number of Topliss-reactive ketones (excluding diaryl/α,β-unsaturated/α-hetero) is 1. The fourth-order valence-electron chi connectivity index (χ4n) is 4.37. The van der Waals surface area contributed by atoms with Crippen molar-refractivity contribution in [3.8, 4) is 0 Å². The number of allylic oxidation sites excluding steroid dienone is 1. The summed E-state index contributed by atoms with van der Waals surface area (Å²) in [6.45, 7) is 11.1. The molecule has 0 aliphatic carbocycles. The maximum atomic E-state index is 13.3. The molecule has 5 atom stereocenters. The topological polar surface area (TPSA) is 96.7 Å². The highest BCUT2D eigenvalue weighted by Crippen LogP contribution is 2.33. The number of ketones is 1. The van der Waals surface area contributed by atoms with Gasteiger partial charge in [0.2, 0.25) is 0 Å². The Kier molecular flexibility index (Phi) is 10.7. The Balaban J connectivity index is 2.29.